The van der Waals surface area contributed by atoms with Crippen molar-refractivity contribution in [2.45, 2.75) is 24.8 Å². The Morgan fingerprint density at radius 1 is 1.41 bits per heavy atom. The van der Waals surface area contributed by atoms with Crippen molar-refractivity contribution in [2.24, 2.45) is 0 Å². The number of nitro benzene ring substituents is 1. The second-order valence-corrected chi connectivity index (χ2v) is 4.14. The van der Waals surface area contributed by atoms with E-state index in [9.17, 15) is 14.9 Å². The Hall–Kier alpha value is -2.11. The molecule has 1 fully saturated rings. The standard InChI is InChI=1S/C11H12N2O4/c14-10(15)11(6-3-7-11)12-8-4-1-2-5-9(8)13(16)17/h1-2,4-5,12H,3,6-7H2,(H,14,15). The predicted octanol–water partition coefficient (Wildman–Crippen LogP) is 2.01. The molecule has 0 unspecified atom stereocenters. The lowest BCUT2D eigenvalue weighted by Crippen LogP contribution is -2.52. The summed E-state index contributed by atoms with van der Waals surface area (Å²) in [6.45, 7) is 0. The quantitative estimate of drug-likeness (QED) is 0.616. The van der Waals surface area contributed by atoms with Gasteiger partial charge in [-0.15, -0.1) is 0 Å². The van der Waals surface area contributed by atoms with E-state index in [1.807, 2.05) is 0 Å². The number of carboxylic acids is 1. The Morgan fingerprint density at radius 2 is 2.06 bits per heavy atom. The van der Waals surface area contributed by atoms with Crippen molar-refractivity contribution in [3.8, 4) is 0 Å². The van der Waals surface area contributed by atoms with Crippen LogP contribution >= 0.6 is 0 Å². The number of benzene rings is 1. The summed E-state index contributed by atoms with van der Waals surface area (Å²) < 4.78 is 0. The lowest BCUT2D eigenvalue weighted by Gasteiger charge is -2.38. The van der Waals surface area contributed by atoms with Crippen LogP contribution in [0.3, 0.4) is 0 Å². The number of anilines is 1. The number of aliphatic carboxylic acids is 1. The van der Waals surface area contributed by atoms with Gasteiger partial charge in [0.1, 0.15) is 11.2 Å². The SMILES string of the molecule is O=C(O)C1(Nc2ccccc2[N+](=O)[O-])CCC1. The summed E-state index contributed by atoms with van der Waals surface area (Å²) in [5.74, 6) is -0.957. The smallest absolute Gasteiger partial charge is 0.329 e. The number of hydrogen-bond donors (Lipinski definition) is 2. The van der Waals surface area contributed by atoms with Crippen LogP contribution in [0.25, 0.3) is 0 Å². The minimum atomic E-state index is -1.04. The van der Waals surface area contributed by atoms with Crippen LogP contribution in [-0.4, -0.2) is 21.5 Å². The van der Waals surface area contributed by atoms with Crippen molar-refractivity contribution >= 4 is 17.3 Å². The van der Waals surface area contributed by atoms with Gasteiger partial charge in [-0.3, -0.25) is 10.1 Å². The summed E-state index contributed by atoms with van der Waals surface area (Å²) in [6, 6.07) is 6.08. The van der Waals surface area contributed by atoms with Crippen LogP contribution in [0.5, 0.6) is 0 Å². The molecule has 0 bridgehead atoms. The Labute approximate surface area is 97.4 Å². The summed E-state index contributed by atoms with van der Waals surface area (Å²) in [5, 5.41) is 22.7. The first-order valence-corrected chi connectivity index (χ1v) is 5.30. The van der Waals surface area contributed by atoms with Gasteiger partial charge < -0.3 is 10.4 Å². The third-order valence-corrected chi connectivity index (χ3v) is 3.09. The molecule has 0 saturated heterocycles. The summed E-state index contributed by atoms with van der Waals surface area (Å²) in [5.41, 5.74) is -0.869. The predicted molar refractivity (Wildman–Crippen MR) is 60.9 cm³/mol. The zero-order chi connectivity index (χ0) is 12.5. The number of para-hydroxylation sites is 2. The van der Waals surface area contributed by atoms with E-state index in [-0.39, 0.29) is 11.4 Å². The summed E-state index contributed by atoms with van der Waals surface area (Å²) in [4.78, 5) is 21.4. The highest BCUT2D eigenvalue weighted by atomic mass is 16.6. The lowest BCUT2D eigenvalue weighted by atomic mass is 9.76. The van der Waals surface area contributed by atoms with Gasteiger partial charge in [0.2, 0.25) is 0 Å². The van der Waals surface area contributed by atoms with Crippen LogP contribution in [0, 0.1) is 10.1 Å². The maximum Gasteiger partial charge on any atom is 0.329 e. The monoisotopic (exact) mass is 236 g/mol. The fourth-order valence-electron chi connectivity index (χ4n) is 1.92. The van der Waals surface area contributed by atoms with Gasteiger partial charge in [0.15, 0.2) is 0 Å². The molecule has 6 heteroatoms. The first kappa shape index (κ1) is 11.4. The molecule has 0 amide bonds. The Kier molecular flexibility index (Phi) is 2.71. The molecule has 1 aliphatic carbocycles. The van der Waals surface area contributed by atoms with Crippen LogP contribution in [0.1, 0.15) is 19.3 Å². The van der Waals surface area contributed by atoms with E-state index < -0.39 is 16.4 Å². The number of nitrogens with zero attached hydrogens (tertiary/aromatic N) is 1. The van der Waals surface area contributed by atoms with Crippen molar-refractivity contribution in [3.05, 3.63) is 34.4 Å². The normalized spacial score (nSPS) is 16.9. The molecule has 2 N–H and O–H groups in total. The maximum absolute atomic E-state index is 11.2. The molecule has 90 valence electrons. The second kappa shape index (κ2) is 4.04. The minimum absolute atomic E-state index is 0.0972. The molecule has 1 aliphatic rings. The topological polar surface area (TPSA) is 92.5 Å². The molecular weight excluding hydrogens is 224 g/mol. The summed E-state index contributed by atoms with van der Waals surface area (Å²) in [7, 11) is 0. The van der Waals surface area contributed by atoms with E-state index >= 15 is 0 Å². The fraction of sp³-hybridized carbons (Fsp3) is 0.364. The zero-order valence-corrected chi connectivity index (χ0v) is 9.05. The number of nitrogens with one attached hydrogen (secondary N) is 1. The average Bonchev–Trinajstić information content (AvgIpc) is 2.23. The van der Waals surface area contributed by atoms with Crippen LogP contribution < -0.4 is 5.32 Å². The van der Waals surface area contributed by atoms with Gasteiger partial charge in [0, 0.05) is 6.07 Å². The van der Waals surface area contributed by atoms with Crippen molar-refractivity contribution in [1.82, 2.24) is 0 Å². The highest BCUT2D eigenvalue weighted by Gasteiger charge is 2.45. The van der Waals surface area contributed by atoms with Crippen LogP contribution in [0.2, 0.25) is 0 Å². The Morgan fingerprint density at radius 3 is 2.53 bits per heavy atom. The molecule has 1 aromatic rings. The minimum Gasteiger partial charge on any atom is -0.480 e. The summed E-state index contributed by atoms with van der Waals surface area (Å²) >= 11 is 0. The number of nitro groups is 1. The number of carbonyl (C=O) groups is 1. The summed E-state index contributed by atoms with van der Waals surface area (Å²) in [6.07, 6.45) is 1.81. The molecule has 0 aliphatic heterocycles. The van der Waals surface area contributed by atoms with Gasteiger partial charge in [0.25, 0.3) is 5.69 Å². The second-order valence-electron chi connectivity index (χ2n) is 4.14. The van der Waals surface area contributed by atoms with Crippen LogP contribution in [0.15, 0.2) is 24.3 Å². The van der Waals surface area contributed by atoms with Gasteiger partial charge in [-0.2, -0.15) is 0 Å². The van der Waals surface area contributed by atoms with Gasteiger partial charge >= 0.3 is 5.97 Å². The molecule has 1 saturated carbocycles. The number of hydrogen-bond acceptors (Lipinski definition) is 4. The molecule has 0 radical (unpaired) electrons. The van der Waals surface area contributed by atoms with Crippen LogP contribution in [0.4, 0.5) is 11.4 Å². The third kappa shape index (κ3) is 1.93. The van der Waals surface area contributed by atoms with E-state index in [0.717, 1.165) is 6.42 Å². The van der Waals surface area contributed by atoms with Gasteiger partial charge in [-0.05, 0) is 25.3 Å². The first-order chi connectivity index (χ1) is 8.05. The van der Waals surface area contributed by atoms with Crippen LogP contribution in [-0.2, 0) is 4.79 Å². The maximum atomic E-state index is 11.2. The molecule has 1 aromatic carbocycles. The van der Waals surface area contributed by atoms with Crippen molar-refractivity contribution in [3.63, 3.8) is 0 Å². The zero-order valence-electron chi connectivity index (χ0n) is 9.05. The third-order valence-electron chi connectivity index (χ3n) is 3.09. The van der Waals surface area contributed by atoms with Crippen molar-refractivity contribution in [1.29, 1.82) is 0 Å². The highest BCUT2D eigenvalue weighted by molar-refractivity contribution is 5.85. The molecule has 0 spiro atoms. The molecular formula is C11H12N2O4. The van der Waals surface area contributed by atoms with E-state index in [1.54, 1.807) is 12.1 Å². The molecule has 17 heavy (non-hydrogen) atoms. The first-order valence-electron chi connectivity index (χ1n) is 5.30. The Bertz CT molecular complexity index is 468. The van der Waals surface area contributed by atoms with Gasteiger partial charge in [-0.1, -0.05) is 12.1 Å². The molecule has 0 atom stereocenters. The highest BCUT2D eigenvalue weighted by Crippen LogP contribution is 2.37. The van der Waals surface area contributed by atoms with Crippen molar-refractivity contribution in [2.75, 3.05) is 5.32 Å². The van der Waals surface area contributed by atoms with Crippen molar-refractivity contribution < 1.29 is 14.8 Å². The Balaban J connectivity index is 2.29. The van der Waals surface area contributed by atoms with Gasteiger partial charge in [0.05, 0.1) is 4.92 Å². The number of rotatable bonds is 4. The van der Waals surface area contributed by atoms with E-state index in [4.69, 9.17) is 5.11 Å². The molecule has 0 aromatic heterocycles. The average molecular weight is 236 g/mol. The molecule has 6 nitrogen and oxygen atoms in total. The molecule has 2 rings (SSSR count). The van der Waals surface area contributed by atoms with E-state index in [0.29, 0.717) is 12.8 Å². The van der Waals surface area contributed by atoms with Gasteiger partial charge in [-0.25, -0.2) is 4.79 Å². The van der Waals surface area contributed by atoms with E-state index in [1.165, 1.54) is 12.1 Å². The molecule has 0 heterocycles. The lowest BCUT2D eigenvalue weighted by molar-refractivity contribution is -0.384. The number of carboxylic acid groups (broad SMARTS) is 1. The van der Waals surface area contributed by atoms with E-state index in [2.05, 4.69) is 5.32 Å². The fourth-order valence-corrected chi connectivity index (χ4v) is 1.92. The largest absolute Gasteiger partial charge is 0.480 e.